The van der Waals surface area contributed by atoms with Crippen molar-refractivity contribution in [3.8, 4) is 0 Å². The fourth-order valence-corrected chi connectivity index (χ4v) is 4.01. The van der Waals surface area contributed by atoms with Gasteiger partial charge in [-0.1, -0.05) is 0 Å². The van der Waals surface area contributed by atoms with Crippen LogP contribution in [0.3, 0.4) is 0 Å². The molecule has 3 heterocycles. The van der Waals surface area contributed by atoms with E-state index in [-0.39, 0.29) is 12.4 Å². The first-order chi connectivity index (χ1) is 11.6. The van der Waals surface area contributed by atoms with Gasteiger partial charge in [-0.15, -0.1) is 11.3 Å². The van der Waals surface area contributed by atoms with E-state index in [9.17, 15) is 4.79 Å². The molecule has 0 aromatic carbocycles. The Morgan fingerprint density at radius 1 is 1.33 bits per heavy atom. The molecule has 1 N–H and O–H groups in total. The lowest BCUT2D eigenvalue weighted by atomic mass is 10.3. The van der Waals surface area contributed by atoms with Gasteiger partial charge < -0.3 is 10.0 Å². The molecule has 0 spiro atoms. The summed E-state index contributed by atoms with van der Waals surface area (Å²) in [5.41, 5.74) is 1.92. The Hall–Kier alpha value is -1.77. The minimum absolute atomic E-state index is 0.170. The number of carboxylic acid groups (broad SMARTS) is 1. The molecule has 2 aromatic rings. The lowest BCUT2D eigenvalue weighted by Gasteiger charge is -2.21. The first-order valence-electron chi connectivity index (χ1n) is 7.66. The molecule has 2 aromatic heterocycles. The fourth-order valence-electron chi connectivity index (χ4n) is 2.57. The van der Waals surface area contributed by atoms with Crippen LogP contribution in [0.25, 0.3) is 0 Å². The third-order valence-electron chi connectivity index (χ3n) is 3.67. The third kappa shape index (κ3) is 5.40. The van der Waals surface area contributed by atoms with E-state index in [4.69, 9.17) is 9.90 Å². The maximum Gasteiger partial charge on any atom is 0.290 e. The number of thiophene rings is 1. The number of carbonyl (C=O) groups excluding carboxylic acids is 1. The highest BCUT2D eigenvalue weighted by molar-refractivity contribution is 7.09. The Bertz CT molecular complexity index is 643. The van der Waals surface area contributed by atoms with E-state index in [2.05, 4.69) is 15.3 Å². The topological polar surface area (TPSA) is 73.7 Å². The average molecular weight is 367 g/mol. The van der Waals surface area contributed by atoms with Crippen molar-refractivity contribution < 1.29 is 14.7 Å². The molecular formula is C16H21N3O3S2. The molecule has 24 heavy (non-hydrogen) atoms. The van der Waals surface area contributed by atoms with E-state index in [0.29, 0.717) is 0 Å². The molecule has 130 valence electrons. The Morgan fingerprint density at radius 3 is 2.75 bits per heavy atom. The third-order valence-corrected chi connectivity index (χ3v) is 5.30. The van der Waals surface area contributed by atoms with Crippen LogP contribution in [0.2, 0.25) is 0 Å². The van der Waals surface area contributed by atoms with Crippen molar-refractivity contribution in [2.45, 2.75) is 19.9 Å². The Labute approximate surface area is 149 Å². The molecule has 0 saturated carbocycles. The highest BCUT2D eigenvalue weighted by Crippen LogP contribution is 2.15. The van der Waals surface area contributed by atoms with Crippen LogP contribution in [-0.2, 0) is 11.3 Å². The molecule has 1 amide bonds. The maximum absolute atomic E-state index is 12.4. The summed E-state index contributed by atoms with van der Waals surface area (Å²) in [5, 5.41) is 14.1. The zero-order chi connectivity index (χ0) is 17.4. The number of aromatic nitrogens is 1. The van der Waals surface area contributed by atoms with E-state index in [1.54, 1.807) is 22.7 Å². The SMILES string of the molecule is Cc1csc(CN2CCCN(C(=O)c3ccsc3)CC2)n1.O=CO. The van der Waals surface area contributed by atoms with Crippen LogP contribution >= 0.6 is 22.7 Å². The molecule has 8 heteroatoms. The number of hydrogen-bond acceptors (Lipinski definition) is 6. The number of rotatable bonds is 3. The van der Waals surface area contributed by atoms with Gasteiger partial charge in [0.2, 0.25) is 0 Å². The van der Waals surface area contributed by atoms with Crippen molar-refractivity contribution in [2.75, 3.05) is 26.2 Å². The van der Waals surface area contributed by atoms with Crippen LogP contribution in [0.5, 0.6) is 0 Å². The summed E-state index contributed by atoms with van der Waals surface area (Å²) < 4.78 is 0. The summed E-state index contributed by atoms with van der Waals surface area (Å²) >= 11 is 3.30. The average Bonchev–Trinajstić information content (AvgIpc) is 3.17. The van der Waals surface area contributed by atoms with Crippen molar-refractivity contribution in [2.24, 2.45) is 0 Å². The summed E-state index contributed by atoms with van der Waals surface area (Å²) in [4.78, 5) is 29.7. The van der Waals surface area contributed by atoms with Gasteiger partial charge in [-0.3, -0.25) is 14.5 Å². The summed E-state index contributed by atoms with van der Waals surface area (Å²) in [7, 11) is 0. The highest BCUT2D eigenvalue weighted by atomic mass is 32.1. The Balaban J connectivity index is 0.000000647. The van der Waals surface area contributed by atoms with E-state index < -0.39 is 0 Å². The lowest BCUT2D eigenvalue weighted by molar-refractivity contribution is -0.122. The van der Waals surface area contributed by atoms with Gasteiger partial charge in [0.25, 0.3) is 12.4 Å². The molecule has 0 unspecified atom stereocenters. The molecule has 1 fully saturated rings. The second-order valence-electron chi connectivity index (χ2n) is 5.42. The molecule has 6 nitrogen and oxygen atoms in total. The van der Waals surface area contributed by atoms with Gasteiger partial charge in [0.05, 0.1) is 12.1 Å². The number of amides is 1. The zero-order valence-corrected chi connectivity index (χ0v) is 15.2. The molecule has 3 rings (SSSR count). The quantitative estimate of drug-likeness (QED) is 0.844. The molecule has 1 aliphatic heterocycles. The molecular weight excluding hydrogens is 346 g/mol. The Kier molecular flexibility index (Phi) is 7.36. The van der Waals surface area contributed by atoms with Gasteiger partial charge >= 0.3 is 0 Å². The van der Waals surface area contributed by atoms with Gasteiger partial charge in [0, 0.05) is 42.6 Å². The van der Waals surface area contributed by atoms with Crippen molar-refractivity contribution in [3.05, 3.63) is 38.5 Å². The monoisotopic (exact) mass is 367 g/mol. The van der Waals surface area contributed by atoms with E-state index in [1.807, 2.05) is 28.7 Å². The Morgan fingerprint density at radius 2 is 2.12 bits per heavy atom. The van der Waals surface area contributed by atoms with E-state index in [0.717, 1.165) is 50.4 Å². The molecule has 0 atom stereocenters. The van der Waals surface area contributed by atoms with Gasteiger partial charge in [0.1, 0.15) is 5.01 Å². The number of thiazole rings is 1. The van der Waals surface area contributed by atoms with Crippen LogP contribution in [-0.4, -0.2) is 58.4 Å². The summed E-state index contributed by atoms with van der Waals surface area (Å²) in [6, 6.07) is 1.91. The summed E-state index contributed by atoms with van der Waals surface area (Å²) in [5.74, 6) is 0.170. The standard InChI is InChI=1S/C15H19N3OS2.CH2O2/c1-12-10-21-14(16-12)9-17-4-2-5-18(7-6-17)15(19)13-3-8-20-11-13;2-1-3/h3,8,10-11H,2,4-7,9H2,1H3;1H,(H,2,3). The zero-order valence-electron chi connectivity index (χ0n) is 13.6. The number of aryl methyl sites for hydroxylation is 1. The minimum Gasteiger partial charge on any atom is -0.483 e. The fraction of sp³-hybridized carbons (Fsp3) is 0.438. The highest BCUT2D eigenvalue weighted by Gasteiger charge is 2.20. The van der Waals surface area contributed by atoms with Crippen LogP contribution in [0, 0.1) is 6.92 Å². The van der Waals surface area contributed by atoms with Gasteiger partial charge in [0.15, 0.2) is 0 Å². The number of carbonyl (C=O) groups is 2. The smallest absolute Gasteiger partial charge is 0.290 e. The van der Waals surface area contributed by atoms with Crippen molar-refractivity contribution in [3.63, 3.8) is 0 Å². The summed E-state index contributed by atoms with van der Waals surface area (Å²) in [6.45, 7) is 6.30. The van der Waals surface area contributed by atoms with Crippen LogP contribution in [0.4, 0.5) is 0 Å². The van der Waals surface area contributed by atoms with Crippen LogP contribution in [0.15, 0.2) is 22.2 Å². The maximum atomic E-state index is 12.4. The van der Waals surface area contributed by atoms with Crippen molar-refractivity contribution in [1.82, 2.24) is 14.8 Å². The minimum atomic E-state index is -0.250. The molecule has 0 bridgehead atoms. The second-order valence-corrected chi connectivity index (χ2v) is 7.14. The first-order valence-corrected chi connectivity index (χ1v) is 9.49. The summed E-state index contributed by atoms with van der Waals surface area (Å²) in [6.07, 6.45) is 1.03. The molecule has 0 aliphatic carbocycles. The second kappa shape index (κ2) is 9.51. The predicted octanol–water partition coefficient (Wildman–Crippen LogP) is 2.56. The van der Waals surface area contributed by atoms with Crippen LogP contribution in [0.1, 0.15) is 27.5 Å². The van der Waals surface area contributed by atoms with Gasteiger partial charge in [-0.25, -0.2) is 4.98 Å². The van der Waals surface area contributed by atoms with Gasteiger partial charge in [-0.2, -0.15) is 11.3 Å². The molecule has 1 aliphatic rings. The van der Waals surface area contributed by atoms with E-state index in [1.165, 1.54) is 5.01 Å². The predicted molar refractivity (Wildman–Crippen MR) is 95.7 cm³/mol. The lowest BCUT2D eigenvalue weighted by Crippen LogP contribution is -2.34. The largest absolute Gasteiger partial charge is 0.483 e. The van der Waals surface area contributed by atoms with E-state index >= 15 is 0 Å². The van der Waals surface area contributed by atoms with Gasteiger partial charge in [-0.05, 0) is 24.8 Å². The van der Waals surface area contributed by atoms with Crippen LogP contribution < -0.4 is 0 Å². The number of nitrogens with zero attached hydrogens (tertiary/aromatic N) is 3. The normalized spacial score (nSPS) is 15.3. The van der Waals surface area contributed by atoms with Crippen molar-refractivity contribution in [1.29, 1.82) is 0 Å². The molecule has 1 saturated heterocycles. The van der Waals surface area contributed by atoms with Crippen molar-refractivity contribution >= 4 is 35.1 Å². The molecule has 0 radical (unpaired) electrons. The first kappa shape index (κ1) is 18.6. The number of hydrogen-bond donors (Lipinski definition) is 1.